The van der Waals surface area contributed by atoms with Gasteiger partial charge in [0.15, 0.2) is 0 Å². The maximum Gasteiger partial charge on any atom is 0.123 e. The molecule has 0 aliphatic rings. The van der Waals surface area contributed by atoms with Gasteiger partial charge < -0.3 is 9.88 Å². The van der Waals surface area contributed by atoms with Gasteiger partial charge in [-0.15, -0.1) is 6.58 Å². The second kappa shape index (κ2) is 7.25. The molecule has 0 bridgehead atoms. The maximum atomic E-state index is 4.67. The molecule has 0 fully saturated rings. The summed E-state index contributed by atoms with van der Waals surface area (Å²) >= 11 is 0. The SMILES string of the molecule is C=CCC(CC)CCNCc1nc2ccccc2n1C. The summed E-state index contributed by atoms with van der Waals surface area (Å²) in [5.41, 5.74) is 2.27. The molecule has 0 amide bonds. The lowest BCUT2D eigenvalue weighted by atomic mass is 9.99. The quantitative estimate of drug-likeness (QED) is 0.586. The molecule has 1 aromatic carbocycles. The lowest BCUT2D eigenvalue weighted by Crippen LogP contribution is -2.19. The smallest absolute Gasteiger partial charge is 0.123 e. The summed E-state index contributed by atoms with van der Waals surface area (Å²) < 4.78 is 2.17. The molecule has 0 radical (unpaired) electrons. The highest BCUT2D eigenvalue weighted by atomic mass is 15.1. The van der Waals surface area contributed by atoms with Crippen molar-refractivity contribution < 1.29 is 0 Å². The van der Waals surface area contributed by atoms with Crippen LogP contribution >= 0.6 is 0 Å². The van der Waals surface area contributed by atoms with Crippen molar-refractivity contribution in [1.82, 2.24) is 14.9 Å². The molecule has 0 aliphatic heterocycles. The van der Waals surface area contributed by atoms with E-state index in [4.69, 9.17) is 0 Å². The molecule has 0 saturated heterocycles. The van der Waals surface area contributed by atoms with Gasteiger partial charge in [0.2, 0.25) is 0 Å². The summed E-state index contributed by atoms with van der Waals surface area (Å²) in [4.78, 5) is 4.67. The largest absolute Gasteiger partial charge is 0.330 e. The first-order valence-electron chi connectivity index (χ1n) is 7.48. The molecule has 20 heavy (non-hydrogen) atoms. The van der Waals surface area contributed by atoms with Crippen LogP contribution in [-0.2, 0) is 13.6 Å². The third kappa shape index (κ3) is 3.48. The number of aromatic nitrogens is 2. The summed E-state index contributed by atoms with van der Waals surface area (Å²) in [6.07, 6.45) is 5.57. The molecule has 1 aromatic heterocycles. The molecule has 3 heteroatoms. The molecular formula is C17H25N3. The molecule has 1 heterocycles. The van der Waals surface area contributed by atoms with Gasteiger partial charge in [0.05, 0.1) is 17.6 Å². The Morgan fingerprint density at radius 2 is 2.20 bits per heavy atom. The Hall–Kier alpha value is -1.61. The Morgan fingerprint density at radius 1 is 1.40 bits per heavy atom. The molecule has 2 rings (SSSR count). The molecule has 1 N–H and O–H groups in total. The van der Waals surface area contributed by atoms with Crippen LogP contribution in [0.15, 0.2) is 36.9 Å². The van der Waals surface area contributed by atoms with Crippen LogP contribution in [0.4, 0.5) is 0 Å². The predicted molar refractivity (Wildman–Crippen MR) is 85.6 cm³/mol. The van der Waals surface area contributed by atoms with E-state index in [1.54, 1.807) is 0 Å². The number of rotatable bonds is 8. The van der Waals surface area contributed by atoms with Gasteiger partial charge in [0, 0.05) is 7.05 Å². The van der Waals surface area contributed by atoms with Crippen LogP contribution in [0.25, 0.3) is 11.0 Å². The van der Waals surface area contributed by atoms with Crippen molar-refractivity contribution in [2.45, 2.75) is 32.7 Å². The molecule has 108 valence electrons. The normalized spacial score (nSPS) is 12.7. The average Bonchev–Trinajstić information content (AvgIpc) is 2.79. The lowest BCUT2D eigenvalue weighted by molar-refractivity contribution is 0.452. The van der Waals surface area contributed by atoms with Crippen LogP contribution in [0, 0.1) is 5.92 Å². The van der Waals surface area contributed by atoms with Crippen molar-refractivity contribution in [2.24, 2.45) is 13.0 Å². The van der Waals surface area contributed by atoms with E-state index in [0.29, 0.717) is 0 Å². The van der Waals surface area contributed by atoms with Crippen LogP contribution in [-0.4, -0.2) is 16.1 Å². The summed E-state index contributed by atoms with van der Waals surface area (Å²) in [5.74, 6) is 1.85. The zero-order valence-electron chi connectivity index (χ0n) is 12.6. The van der Waals surface area contributed by atoms with Gasteiger partial charge in [0.25, 0.3) is 0 Å². The van der Waals surface area contributed by atoms with E-state index in [1.165, 1.54) is 18.4 Å². The first-order valence-corrected chi connectivity index (χ1v) is 7.48. The third-order valence-corrected chi connectivity index (χ3v) is 3.97. The number of imidazole rings is 1. The lowest BCUT2D eigenvalue weighted by Gasteiger charge is -2.12. The predicted octanol–water partition coefficient (Wildman–Crippen LogP) is 3.66. The van der Waals surface area contributed by atoms with Crippen LogP contribution in [0.3, 0.4) is 0 Å². The number of nitrogens with zero attached hydrogens (tertiary/aromatic N) is 2. The zero-order chi connectivity index (χ0) is 14.4. The van der Waals surface area contributed by atoms with Crippen molar-refractivity contribution in [2.75, 3.05) is 6.54 Å². The third-order valence-electron chi connectivity index (χ3n) is 3.97. The molecule has 1 atom stereocenters. The molecular weight excluding hydrogens is 246 g/mol. The summed E-state index contributed by atoms with van der Waals surface area (Å²) in [5, 5.41) is 3.51. The van der Waals surface area contributed by atoms with Crippen LogP contribution in [0.5, 0.6) is 0 Å². The standard InChI is InChI=1S/C17H25N3/c1-4-8-14(5-2)11-12-18-13-17-19-15-9-6-7-10-16(15)20(17)3/h4,6-7,9-10,14,18H,1,5,8,11-13H2,2-3H3. The van der Waals surface area contributed by atoms with E-state index in [-0.39, 0.29) is 0 Å². The monoisotopic (exact) mass is 271 g/mol. The minimum absolute atomic E-state index is 0.750. The second-order valence-electron chi connectivity index (χ2n) is 5.34. The van der Waals surface area contributed by atoms with E-state index in [2.05, 4.69) is 53.6 Å². The maximum absolute atomic E-state index is 4.67. The van der Waals surface area contributed by atoms with Crippen LogP contribution in [0.1, 0.15) is 32.0 Å². The molecule has 1 unspecified atom stereocenters. The number of hydrogen-bond donors (Lipinski definition) is 1. The average molecular weight is 271 g/mol. The Kier molecular flexibility index (Phi) is 5.36. The van der Waals surface area contributed by atoms with E-state index in [9.17, 15) is 0 Å². The van der Waals surface area contributed by atoms with Crippen molar-refractivity contribution >= 4 is 11.0 Å². The number of benzene rings is 1. The van der Waals surface area contributed by atoms with Crippen molar-refractivity contribution in [3.8, 4) is 0 Å². The molecule has 3 nitrogen and oxygen atoms in total. The van der Waals surface area contributed by atoms with Crippen molar-refractivity contribution in [3.05, 3.63) is 42.7 Å². The topological polar surface area (TPSA) is 29.9 Å². The van der Waals surface area contributed by atoms with Gasteiger partial charge >= 0.3 is 0 Å². The zero-order valence-corrected chi connectivity index (χ0v) is 12.6. The molecule has 2 aromatic rings. The highest BCUT2D eigenvalue weighted by Crippen LogP contribution is 2.15. The number of hydrogen-bond acceptors (Lipinski definition) is 2. The Morgan fingerprint density at radius 3 is 2.90 bits per heavy atom. The first kappa shape index (κ1) is 14.8. The minimum atomic E-state index is 0.750. The van der Waals surface area contributed by atoms with E-state index in [0.717, 1.165) is 36.8 Å². The Balaban J connectivity index is 1.87. The molecule has 0 aliphatic carbocycles. The summed E-state index contributed by atoms with van der Waals surface area (Å²) in [6, 6.07) is 8.27. The van der Waals surface area contributed by atoms with E-state index >= 15 is 0 Å². The molecule has 0 spiro atoms. The summed E-state index contributed by atoms with van der Waals surface area (Å²) in [7, 11) is 2.08. The van der Waals surface area contributed by atoms with Gasteiger partial charge in [-0.1, -0.05) is 31.6 Å². The second-order valence-corrected chi connectivity index (χ2v) is 5.34. The van der Waals surface area contributed by atoms with Crippen LogP contribution < -0.4 is 5.32 Å². The van der Waals surface area contributed by atoms with Gasteiger partial charge in [0.1, 0.15) is 5.82 Å². The highest BCUT2D eigenvalue weighted by molar-refractivity contribution is 5.75. The molecule has 0 saturated carbocycles. The highest BCUT2D eigenvalue weighted by Gasteiger charge is 2.07. The number of para-hydroxylation sites is 2. The van der Waals surface area contributed by atoms with E-state index in [1.807, 2.05) is 12.1 Å². The van der Waals surface area contributed by atoms with Gasteiger partial charge in [-0.2, -0.15) is 0 Å². The number of aryl methyl sites for hydroxylation is 1. The Bertz CT molecular complexity index is 556. The van der Waals surface area contributed by atoms with Crippen molar-refractivity contribution in [3.63, 3.8) is 0 Å². The first-order chi connectivity index (χ1) is 9.76. The fraction of sp³-hybridized carbons (Fsp3) is 0.471. The van der Waals surface area contributed by atoms with Gasteiger partial charge in [-0.05, 0) is 37.4 Å². The van der Waals surface area contributed by atoms with Gasteiger partial charge in [-0.3, -0.25) is 0 Å². The fourth-order valence-corrected chi connectivity index (χ4v) is 2.58. The Labute approximate surface area is 121 Å². The van der Waals surface area contributed by atoms with Crippen molar-refractivity contribution in [1.29, 1.82) is 0 Å². The van der Waals surface area contributed by atoms with Gasteiger partial charge in [-0.25, -0.2) is 4.98 Å². The number of fused-ring (bicyclic) bond motifs is 1. The van der Waals surface area contributed by atoms with E-state index < -0.39 is 0 Å². The number of nitrogens with one attached hydrogen (secondary N) is 1. The number of allylic oxidation sites excluding steroid dienone is 1. The summed E-state index contributed by atoms with van der Waals surface area (Å²) in [6.45, 7) is 7.94. The fourth-order valence-electron chi connectivity index (χ4n) is 2.58. The van der Waals surface area contributed by atoms with Crippen LogP contribution in [0.2, 0.25) is 0 Å². The minimum Gasteiger partial charge on any atom is -0.330 e.